The molecule has 3 nitrogen and oxygen atoms in total. The molecule has 0 radical (unpaired) electrons. The molecule has 2 saturated carbocycles. The van der Waals surface area contributed by atoms with E-state index in [1.54, 1.807) is 0 Å². The minimum Gasteiger partial charge on any atom is -0.480 e. The van der Waals surface area contributed by atoms with Crippen molar-refractivity contribution >= 4 is 5.97 Å². The first-order valence-corrected chi connectivity index (χ1v) is 6.23. The standard InChI is InChI=1S/C12H21NO2/c14-12(15)11(10-5-6-10)13-8-7-9-3-1-2-4-9/h9-11,13H,1-8H2,(H,14,15). The second-order valence-electron chi connectivity index (χ2n) is 5.05. The number of carboxylic acids is 1. The summed E-state index contributed by atoms with van der Waals surface area (Å²) in [6, 6.07) is -0.272. The van der Waals surface area contributed by atoms with Crippen LogP contribution in [0.3, 0.4) is 0 Å². The van der Waals surface area contributed by atoms with E-state index in [1.165, 1.54) is 25.7 Å². The van der Waals surface area contributed by atoms with Crippen molar-refractivity contribution in [2.45, 2.75) is 51.0 Å². The highest BCUT2D eigenvalue weighted by atomic mass is 16.4. The molecule has 15 heavy (non-hydrogen) atoms. The summed E-state index contributed by atoms with van der Waals surface area (Å²) in [5.74, 6) is 0.598. The van der Waals surface area contributed by atoms with Gasteiger partial charge in [0.15, 0.2) is 0 Å². The molecule has 0 spiro atoms. The molecule has 0 aromatic carbocycles. The zero-order valence-electron chi connectivity index (χ0n) is 9.24. The molecular weight excluding hydrogens is 190 g/mol. The molecular formula is C12H21NO2. The molecule has 0 saturated heterocycles. The summed E-state index contributed by atoms with van der Waals surface area (Å²) < 4.78 is 0. The quantitative estimate of drug-likeness (QED) is 0.706. The highest BCUT2D eigenvalue weighted by molar-refractivity contribution is 5.74. The molecule has 0 aromatic rings. The topological polar surface area (TPSA) is 49.3 Å². The fraction of sp³-hybridized carbons (Fsp3) is 0.917. The van der Waals surface area contributed by atoms with Crippen molar-refractivity contribution in [3.63, 3.8) is 0 Å². The zero-order valence-corrected chi connectivity index (χ0v) is 9.24. The maximum absolute atomic E-state index is 10.9. The lowest BCUT2D eigenvalue weighted by Crippen LogP contribution is -2.39. The Kier molecular flexibility index (Phi) is 3.62. The van der Waals surface area contributed by atoms with Crippen molar-refractivity contribution in [2.24, 2.45) is 11.8 Å². The smallest absolute Gasteiger partial charge is 0.320 e. The Morgan fingerprint density at radius 1 is 1.27 bits per heavy atom. The molecule has 1 atom stereocenters. The number of hydrogen-bond donors (Lipinski definition) is 2. The van der Waals surface area contributed by atoms with Crippen LogP contribution in [-0.4, -0.2) is 23.7 Å². The second kappa shape index (κ2) is 4.97. The Hall–Kier alpha value is -0.570. The maximum atomic E-state index is 10.9. The van der Waals surface area contributed by atoms with Gasteiger partial charge in [-0.3, -0.25) is 4.79 Å². The number of carbonyl (C=O) groups is 1. The summed E-state index contributed by atoms with van der Waals surface area (Å²) in [5.41, 5.74) is 0. The predicted molar refractivity (Wildman–Crippen MR) is 58.7 cm³/mol. The highest BCUT2D eigenvalue weighted by Crippen LogP contribution is 2.33. The van der Waals surface area contributed by atoms with Crippen LogP contribution in [0.2, 0.25) is 0 Å². The molecule has 1 unspecified atom stereocenters. The Morgan fingerprint density at radius 3 is 2.47 bits per heavy atom. The van der Waals surface area contributed by atoms with E-state index < -0.39 is 5.97 Å². The van der Waals surface area contributed by atoms with Gasteiger partial charge in [-0.2, -0.15) is 0 Å². The van der Waals surface area contributed by atoms with E-state index >= 15 is 0 Å². The third-order valence-electron chi connectivity index (χ3n) is 3.75. The van der Waals surface area contributed by atoms with Crippen LogP contribution in [0.15, 0.2) is 0 Å². The first kappa shape index (κ1) is 10.9. The van der Waals surface area contributed by atoms with E-state index in [0.717, 1.165) is 31.7 Å². The molecule has 3 heteroatoms. The van der Waals surface area contributed by atoms with Gasteiger partial charge >= 0.3 is 5.97 Å². The van der Waals surface area contributed by atoms with Crippen molar-refractivity contribution in [3.05, 3.63) is 0 Å². The van der Waals surface area contributed by atoms with Crippen molar-refractivity contribution in [3.8, 4) is 0 Å². The number of carboxylic acid groups (broad SMARTS) is 1. The Morgan fingerprint density at radius 2 is 1.93 bits per heavy atom. The average molecular weight is 211 g/mol. The summed E-state index contributed by atoms with van der Waals surface area (Å²) in [4.78, 5) is 10.9. The molecule has 2 N–H and O–H groups in total. The molecule has 0 amide bonds. The van der Waals surface area contributed by atoms with Gasteiger partial charge in [0.25, 0.3) is 0 Å². The molecule has 2 aliphatic rings. The van der Waals surface area contributed by atoms with E-state index in [0.29, 0.717) is 5.92 Å². The first-order chi connectivity index (χ1) is 7.27. The molecule has 0 bridgehead atoms. The third kappa shape index (κ3) is 3.20. The van der Waals surface area contributed by atoms with Crippen LogP contribution >= 0.6 is 0 Å². The van der Waals surface area contributed by atoms with Crippen molar-refractivity contribution in [1.82, 2.24) is 5.32 Å². The zero-order chi connectivity index (χ0) is 10.7. The molecule has 86 valence electrons. The lowest BCUT2D eigenvalue weighted by atomic mass is 10.0. The molecule has 2 fully saturated rings. The van der Waals surface area contributed by atoms with Crippen LogP contribution in [0.5, 0.6) is 0 Å². The van der Waals surface area contributed by atoms with Gasteiger partial charge in [0.1, 0.15) is 6.04 Å². The molecule has 0 aromatic heterocycles. The van der Waals surface area contributed by atoms with Gasteiger partial charge in [-0.1, -0.05) is 25.7 Å². The van der Waals surface area contributed by atoms with Crippen LogP contribution in [0, 0.1) is 11.8 Å². The normalized spacial score (nSPS) is 24.3. The number of rotatable bonds is 6. The molecule has 0 aliphatic heterocycles. The highest BCUT2D eigenvalue weighted by Gasteiger charge is 2.35. The van der Waals surface area contributed by atoms with Gasteiger partial charge in [0.2, 0.25) is 0 Å². The Labute approximate surface area is 91.2 Å². The molecule has 0 heterocycles. The predicted octanol–water partition coefficient (Wildman–Crippen LogP) is 2.02. The Bertz CT molecular complexity index is 220. The van der Waals surface area contributed by atoms with Gasteiger partial charge in [0, 0.05) is 0 Å². The van der Waals surface area contributed by atoms with E-state index in [9.17, 15) is 4.79 Å². The van der Waals surface area contributed by atoms with Gasteiger partial charge in [-0.05, 0) is 37.6 Å². The second-order valence-corrected chi connectivity index (χ2v) is 5.05. The summed E-state index contributed by atoms with van der Waals surface area (Å²) in [6.45, 7) is 0.887. The summed E-state index contributed by atoms with van der Waals surface area (Å²) in [5, 5.41) is 12.2. The monoisotopic (exact) mass is 211 g/mol. The first-order valence-electron chi connectivity index (χ1n) is 6.23. The van der Waals surface area contributed by atoms with E-state index in [4.69, 9.17) is 5.11 Å². The van der Waals surface area contributed by atoms with E-state index in [-0.39, 0.29) is 6.04 Å². The van der Waals surface area contributed by atoms with Crippen LogP contribution < -0.4 is 5.32 Å². The van der Waals surface area contributed by atoms with Gasteiger partial charge in [0.05, 0.1) is 0 Å². The summed E-state index contributed by atoms with van der Waals surface area (Å²) >= 11 is 0. The van der Waals surface area contributed by atoms with E-state index in [1.807, 2.05) is 0 Å². The number of aliphatic carboxylic acids is 1. The number of hydrogen-bond acceptors (Lipinski definition) is 2. The molecule has 2 aliphatic carbocycles. The molecule has 2 rings (SSSR count). The summed E-state index contributed by atoms with van der Waals surface area (Å²) in [6.07, 6.45) is 8.79. The lowest BCUT2D eigenvalue weighted by Gasteiger charge is -2.15. The minimum absolute atomic E-state index is 0.272. The van der Waals surface area contributed by atoms with Crippen LogP contribution in [0.1, 0.15) is 44.9 Å². The minimum atomic E-state index is -0.663. The van der Waals surface area contributed by atoms with Crippen molar-refractivity contribution in [1.29, 1.82) is 0 Å². The van der Waals surface area contributed by atoms with Crippen molar-refractivity contribution in [2.75, 3.05) is 6.54 Å². The van der Waals surface area contributed by atoms with Gasteiger partial charge < -0.3 is 10.4 Å². The van der Waals surface area contributed by atoms with Crippen LogP contribution in [0.4, 0.5) is 0 Å². The fourth-order valence-corrected chi connectivity index (χ4v) is 2.63. The number of nitrogens with one attached hydrogen (secondary N) is 1. The van der Waals surface area contributed by atoms with Crippen molar-refractivity contribution < 1.29 is 9.90 Å². The third-order valence-corrected chi connectivity index (χ3v) is 3.75. The average Bonchev–Trinajstić information content (AvgIpc) is 2.89. The van der Waals surface area contributed by atoms with E-state index in [2.05, 4.69) is 5.32 Å². The van der Waals surface area contributed by atoms with Crippen LogP contribution in [0.25, 0.3) is 0 Å². The summed E-state index contributed by atoms with van der Waals surface area (Å²) in [7, 11) is 0. The Balaban J connectivity index is 1.64. The van der Waals surface area contributed by atoms with Crippen LogP contribution in [-0.2, 0) is 4.79 Å². The van der Waals surface area contributed by atoms with Gasteiger partial charge in [-0.15, -0.1) is 0 Å². The lowest BCUT2D eigenvalue weighted by molar-refractivity contribution is -0.140. The largest absolute Gasteiger partial charge is 0.480 e. The van der Waals surface area contributed by atoms with Gasteiger partial charge in [-0.25, -0.2) is 0 Å². The fourth-order valence-electron chi connectivity index (χ4n) is 2.63. The SMILES string of the molecule is O=C(O)C(NCCC1CCCC1)C1CC1. The maximum Gasteiger partial charge on any atom is 0.320 e.